The molecule has 2 N–H and O–H groups in total. The highest BCUT2D eigenvalue weighted by atomic mass is 16.6. The molecule has 0 fully saturated rings. The molecule has 0 aliphatic carbocycles. The van der Waals surface area contributed by atoms with Crippen LogP contribution in [-0.2, 0) is 0 Å². The van der Waals surface area contributed by atoms with Gasteiger partial charge in [0.2, 0.25) is 0 Å². The van der Waals surface area contributed by atoms with Gasteiger partial charge in [0.1, 0.15) is 5.69 Å². The van der Waals surface area contributed by atoms with Crippen LogP contribution in [0.2, 0.25) is 0 Å². The van der Waals surface area contributed by atoms with E-state index in [1.165, 1.54) is 0 Å². The summed E-state index contributed by atoms with van der Waals surface area (Å²) < 4.78 is 0. The Bertz CT molecular complexity index is 393. The van der Waals surface area contributed by atoms with E-state index in [4.69, 9.17) is 5.11 Å². The second kappa shape index (κ2) is 6.20. The first-order valence-corrected chi connectivity index (χ1v) is 5.71. The standard InChI is InChI=1S/C12H18N2O3/c1-3-10(7-8-15)13-11-6-4-5-9(2)12(11)14(16)17/h4-6,10,13,15H,3,7-8H2,1-2H3. The zero-order chi connectivity index (χ0) is 12.8. The molecule has 0 radical (unpaired) electrons. The summed E-state index contributed by atoms with van der Waals surface area (Å²) in [6, 6.07) is 5.26. The van der Waals surface area contributed by atoms with Crippen molar-refractivity contribution in [2.24, 2.45) is 0 Å². The van der Waals surface area contributed by atoms with E-state index >= 15 is 0 Å². The Kier molecular flexibility index (Phi) is 4.90. The van der Waals surface area contributed by atoms with Gasteiger partial charge in [-0.15, -0.1) is 0 Å². The molecule has 1 aromatic carbocycles. The summed E-state index contributed by atoms with van der Waals surface area (Å²) in [7, 11) is 0. The van der Waals surface area contributed by atoms with Crippen LogP contribution in [0.3, 0.4) is 0 Å². The first-order chi connectivity index (χ1) is 8.10. The number of rotatable bonds is 6. The number of nitro benzene ring substituents is 1. The molecule has 0 saturated carbocycles. The third-order valence-corrected chi connectivity index (χ3v) is 2.75. The number of nitro groups is 1. The quantitative estimate of drug-likeness (QED) is 0.589. The molecule has 0 aromatic heterocycles. The number of para-hydroxylation sites is 1. The highest BCUT2D eigenvalue weighted by Gasteiger charge is 2.18. The molecule has 1 rings (SSSR count). The van der Waals surface area contributed by atoms with Crippen molar-refractivity contribution in [3.05, 3.63) is 33.9 Å². The fourth-order valence-corrected chi connectivity index (χ4v) is 1.77. The van der Waals surface area contributed by atoms with Crippen LogP contribution in [0.1, 0.15) is 25.3 Å². The SMILES string of the molecule is CCC(CCO)Nc1cccc(C)c1[N+](=O)[O-]. The molecule has 0 aliphatic rings. The van der Waals surface area contributed by atoms with Crippen molar-refractivity contribution >= 4 is 11.4 Å². The first kappa shape index (κ1) is 13.4. The fraction of sp³-hybridized carbons (Fsp3) is 0.500. The van der Waals surface area contributed by atoms with E-state index in [0.717, 1.165) is 6.42 Å². The van der Waals surface area contributed by atoms with E-state index in [0.29, 0.717) is 17.7 Å². The minimum absolute atomic E-state index is 0.0560. The molecule has 1 unspecified atom stereocenters. The maximum absolute atomic E-state index is 11.0. The smallest absolute Gasteiger partial charge is 0.295 e. The molecule has 94 valence electrons. The molecular weight excluding hydrogens is 220 g/mol. The second-order valence-electron chi connectivity index (χ2n) is 3.99. The van der Waals surface area contributed by atoms with E-state index in [1.54, 1.807) is 25.1 Å². The van der Waals surface area contributed by atoms with Crippen LogP contribution >= 0.6 is 0 Å². The number of nitrogens with zero attached hydrogens (tertiary/aromatic N) is 1. The molecule has 0 amide bonds. The Hall–Kier alpha value is -1.62. The van der Waals surface area contributed by atoms with Gasteiger partial charge in [0.25, 0.3) is 5.69 Å². The summed E-state index contributed by atoms with van der Waals surface area (Å²) in [6.45, 7) is 3.77. The van der Waals surface area contributed by atoms with E-state index in [2.05, 4.69) is 5.32 Å². The number of anilines is 1. The zero-order valence-corrected chi connectivity index (χ0v) is 10.1. The third kappa shape index (κ3) is 3.42. The van der Waals surface area contributed by atoms with Gasteiger partial charge in [-0.2, -0.15) is 0 Å². The summed E-state index contributed by atoms with van der Waals surface area (Å²) in [4.78, 5) is 10.6. The topological polar surface area (TPSA) is 75.4 Å². The first-order valence-electron chi connectivity index (χ1n) is 5.71. The van der Waals surface area contributed by atoms with Gasteiger partial charge in [0, 0.05) is 18.2 Å². The highest BCUT2D eigenvalue weighted by molar-refractivity contribution is 5.65. The van der Waals surface area contributed by atoms with E-state index in [1.807, 2.05) is 6.92 Å². The van der Waals surface area contributed by atoms with Crippen molar-refractivity contribution in [3.63, 3.8) is 0 Å². The molecule has 1 aromatic rings. The lowest BCUT2D eigenvalue weighted by Crippen LogP contribution is -2.20. The predicted octanol–water partition coefficient (Wildman–Crippen LogP) is 2.48. The van der Waals surface area contributed by atoms with Crippen molar-refractivity contribution < 1.29 is 10.0 Å². The van der Waals surface area contributed by atoms with Crippen molar-refractivity contribution in [2.45, 2.75) is 32.7 Å². The average Bonchev–Trinajstić information content (AvgIpc) is 2.28. The number of aryl methyl sites for hydroxylation is 1. The zero-order valence-electron chi connectivity index (χ0n) is 10.1. The lowest BCUT2D eigenvalue weighted by atomic mass is 10.1. The summed E-state index contributed by atoms with van der Waals surface area (Å²) in [5, 5.41) is 23.0. The lowest BCUT2D eigenvalue weighted by Gasteiger charge is -2.17. The minimum Gasteiger partial charge on any atom is -0.396 e. The number of hydrogen-bond donors (Lipinski definition) is 2. The van der Waals surface area contributed by atoms with Gasteiger partial charge in [-0.1, -0.05) is 19.1 Å². The Morgan fingerprint density at radius 2 is 2.24 bits per heavy atom. The molecule has 0 aliphatic heterocycles. The van der Waals surface area contributed by atoms with Gasteiger partial charge in [0.15, 0.2) is 0 Å². The van der Waals surface area contributed by atoms with Crippen LogP contribution < -0.4 is 5.32 Å². The number of nitrogens with one attached hydrogen (secondary N) is 1. The summed E-state index contributed by atoms with van der Waals surface area (Å²) in [6.07, 6.45) is 1.40. The van der Waals surface area contributed by atoms with Crippen LogP contribution in [0.25, 0.3) is 0 Å². The lowest BCUT2D eigenvalue weighted by molar-refractivity contribution is -0.384. The molecule has 5 heteroatoms. The Morgan fingerprint density at radius 3 is 2.76 bits per heavy atom. The highest BCUT2D eigenvalue weighted by Crippen LogP contribution is 2.28. The Balaban J connectivity index is 2.97. The molecule has 0 saturated heterocycles. The minimum atomic E-state index is -0.372. The monoisotopic (exact) mass is 238 g/mol. The largest absolute Gasteiger partial charge is 0.396 e. The Labute approximate surface area is 101 Å². The van der Waals surface area contributed by atoms with E-state index in [-0.39, 0.29) is 23.3 Å². The van der Waals surface area contributed by atoms with Crippen LogP contribution in [0, 0.1) is 17.0 Å². The average molecular weight is 238 g/mol. The van der Waals surface area contributed by atoms with Gasteiger partial charge in [-0.25, -0.2) is 0 Å². The second-order valence-corrected chi connectivity index (χ2v) is 3.99. The number of benzene rings is 1. The van der Waals surface area contributed by atoms with Crippen molar-refractivity contribution in [1.29, 1.82) is 0 Å². The number of hydrogen-bond acceptors (Lipinski definition) is 4. The van der Waals surface area contributed by atoms with Crippen molar-refractivity contribution in [2.75, 3.05) is 11.9 Å². The van der Waals surface area contributed by atoms with Gasteiger partial charge in [-0.05, 0) is 25.8 Å². The molecule has 0 bridgehead atoms. The maximum atomic E-state index is 11.0. The van der Waals surface area contributed by atoms with Gasteiger partial charge >= 0.3 is 0 Å². The summed E-state index contributed by atoms with van der Waals surface area (Å²) in [5.74, 6) is 0. The predicted molar refractivity (Wildman–Crippen MR) is 67.2 cm³/mol. The summed E-state index contributed by atoms with van der Waals surface area (Å²) in [5.41, 5.74) is 1.28. The molecule has 17 heavy (non-hydrogen) atoms. The van der Waals surface area contributed by atoms with Crippen LogP contribution in [-0.4, -0.2) is 22.7 Å². The van der Waals surface area contributed by atoms with Crippen LogP contribution in [0.15, 0.2) is 18.2 Å². The van der Waals surface area contributed by atoms with E-state index < -0.39 is 0 Å². The normalized spacial score (nSPS) is 12.2. The molecular formula is C12H18N2O3. The van der Waals surface area contributed by atoms with Gasteiger partial charge < -0.3 is 10.4 Å². The van der Waals surface area contributed by atoms with Gasteiger partial charge in [-0.3, -0.25) is 10.1 Å². The molecule has 5 nitrogen and oxygen atoms in total. The number of aliphatic hydroxyl groups excluding tert-OH is 1. The summed E-state index contributed by atoms with van der Waals surface area (Å²) >= 11 is 0. The molecule has 0 spiro atoms. The van der Waals surface area contributed by atoms with Crippen LogP contribution in [0.4, 0.5) is 11.4 Å². The Morgan fingerprint density at radius 1 is 1.53 bits per heavy atom. The molecule has 0 heterocycles. The maximum Gasteiger partial charge on any atom is 0.295 e. The molecule has 1 atom stereocenters. The van der Waals surface area contributed by atoms with Crippen LogP contribution in [0.5, 0.6) is 0 Å². The third-order valence-electron chi connectivity index (χ3n) is 2.75. The van der Waals surface area contributed by atoms with Gasteiger partial charge in [0.05, 0.1) is 4.92 Å². The fourth-order valence-electron chi connectivity index (χ4n) is 1.77. The van der Waals surface area contributed by atoms with Crippen molar-refractivity contribution in [3.8, 4) is 0 Å². The number of aliphatic hydroxyl groups is 1. The van der Waals surface area contributed by atoms with Crippen molar-refractivity contribution in [1.82, 2.24) is 0 Å². The van der Waals surface area contributed by atoms with E-state index in [9.17, 15) is 10.1 Å².